The minimum absolute atomic E-state index is 0. The minimum Gasteiger partial charge on any atom is -1.00 e. The highest BCUT2D eigenvalue weighted by atomic mass is 79.9. The van der Waals surface area contributed by atoms with E-state index < -0.39 is 0 Å². The highest BCUT2D eigenvalue weighted by Crippen LogP contribution is 2.35. The van der Waals surface area contributed by atoms with Gasteiger partial charge in [0.2, 0.25) is 5.75 Å². The van der Waals surface area contributed by atoms with Gasteiger partial charge in [0.15, 0.2) is 17.1 Å². The molecule has 0 saturated carbocycles. The average Bonchev–Trinajstić information content (AvgIpc) is 3.04. The van der Waals surface area contributed by atoms with Gasteiger partial charge in [0.05, 0.1) is 6.54 Å². The molecule has 168 valence electrons. The van der Waals surface area contributed by atoms with E-state index in [0.717, 1.165) is 30.2 Å². The second-order valence-electron chi connectivity index (χ2n) is 8.51. The smallest absolute Gasteiger partial charge is 0.262 e. The predicted octanol–water partition coefficient (Wildman–Crippen LogP) is 2.60. The van der Waals surface area contributed by atoms with Crippen molar-refractivity contribution in [2.45, 2.75) is 32.2 Å². The molecule has 0 saturated heterocycles. The van der Waals surface area contributed by atoms with E-state index in [1.807, 2.05) is 6.07 Å². The van der Waals surface area contributed by atoms with Gasteiger partial charge in [0.1, 0.15) is 19.4 Å². The highest BCUT2D eigenvalue weighted by Gasteiger charge is 2.30. The third kappa shape index (κ3) is 4.06. The molecule has 4 aromatic rings. The lowest BCUT2D eigenvalue weighted by atomic mass is 10.0. The van der Waals surface area contributed by atoms with Crippen molar-refractivity contribution in [3.8, 4) is 39.6 Å². The predicted molar refractivity (Wildman–Crippen MR) is 125 cm³/mol. The summed E-state index contributed by atoms with van der Waals surface area (Å²) in [6.45, 7) is 2.24. The molecule has 1 aromatic heterocycles. The molecule has 0 atom stereocenters. The number of hydrogen-bond donors (Lipinski definition) is 0. The van der Waals surface area contributed by atoms with E-state index in [2.05, 4.69) is 82.1 Å². The maximum absolute atomic E-state index is 6.06. The molecule has 0 amide bonds. The molecular weight excluding hydrogens is 476 g/mol. The molecule has 0 aliphatic carbocycles. The summed E-state index contributed by atoms with van der Waals surface area (Å²) in [5.41, 5.74) is 6.06. The third-order valence-electron chi connectivity index (χ3n) is 6.51. The molecule has 0 fully saturated rings. The lowest BCUT2D eigenvalue weighted by Crippen LogP contribution is -3.00. The highest BCUT2D eigenvalue weighted by molar-refractivity contribution is 5.68. The summed E-state index contributed by atoms with van der Waals surface area (Å²) in [4.78, 5) is 0. The quantitative estimate of drug-likeness (QED) is 0.402. The van der Waals surface area contributed by atoms with Crippen LogP contribution in [0.5, 0.6) is 11.5 Å². The van der Waals surface area contributed by atoms with E-state index in [1.54, 1.807) is 0 Å². The summed E-state index contributed by atoms with van der Waals surface area (Å²) in [5, 5.41) is 0. The number of fused-ring (bicyclic) bond motifs is 2. The summed E-state index contributed by atoms with van der Waals surface area (Å²) >= 11 is 0. The number of rotatable bonds is 3. The van der Waals surface area contributed by atoms with E-state index >= 15 is 0 Å². The van der Waals surface area contributed by atoms with Crippen molar-refractivity contribution in [3.05, 3.63) is 84.8 Å². The van der Waals surface area contributed by atoms with Gasteiger partial charge in [-0.3, -0.25) is 0 Å². The van der Waals surface area contributed by atoms with Crippen LogP contribution in [0.25, 0.3) is 28.1 Å². The molecule has 0 N–H and O–H groups in total. The Kier molecular flexibility index (Phi) is 6.23. The SMILES string of the molecule is [Br-].c1ccc(-c2ccc(-c3c[n+](-c4cccc5c4OCCO5)c4n3CCCCC4)cc2)cc1. The Bertz CT molecular complexity index is 1250. The van der Waals surface area contributed by atoms with Crippen LogP contribution in [-0.2, 0) is 13.0 Å². The van der Waals surface area contributed by atoms with Crippen LogP contribution in [0.3, 0.4) is 0 Å². The number of hydrogen-bond acceptors (Lipinski definition) is 2. The van der Waals surface area contributed by atoms with Crippen LogP contribution in [-0.4, -0.2) is 17.8 Å². The van der Waals surface area contributed by atoms with E-state index in [4.69, 9.17) is 9.47 Å². The number of imidazole rings is 1. The van der Waals surface area contributed by atoms with Crippen molar-refractivity contribution in [1.82, 2.24) is 4.57 Å². The van der Waals surface area contributed by atoms with Gasteiger partial charge in [-0.2, -0.15) is 4.57 Å². The Morgan fingerprint density at radius 3 is 2.30 bits per heavy atom. The van der Waals surface area contributed by atoms with Crippen LogP contribution in [0, 0.1) is 0 Å². The number of halogens is 1. The molecule has 33 heavy (non-hydrogen) atoms. The topological polar surface area (TPSA) is 27.3 Å². The molecule has 0 unspecified atom stereocenters. The fourth-order valence-corrected chi connectivity index (χ4v) is 4.92. The fraction of sp³-hybridized carbons (Fsp3) is 0.250. The first-order valence-corrected chi connectivity index (χ1v) is 11.6. The van der Waals surface area contributed by atoms with Gasteiger partial charge >= 0.3 is 0 Å². The second-order valence-corrected chi connectivity index (χ2v) is 8.51. The maximum atomic E-state index is 6.06. The summed E-state index contributed by atoms with van der Waals surface area (Å²) in [6.07, 6.45) is 7.03. The number of ether oxygens (including phenoxy) is 2. The molecule has 2 aliphatic rings. The van der Waals surface area contributed by atoms with Gasteiger partial charge in [0, 0.05) is 12.0 Å². The van der Waals surface area contributed by atoms with Crippen LogP contribution in [0.4, 0.5) is 0 Å². The van der Waals surface area contributed by atoms with Gasteiger partial charge in [-0.15, -0.1) is 0 Å². The van der Waals surface area contributed by atoms with Gasteiger partial charge < -0.3 is 26.5 Å². The normalized spacial score (nSPS) is 14.7. The van der Waals surface area contributed by atoms with Crippen molar-refractivity contribution in [2.75, 3.05) is 13.2 Å². The van der Waals surface area contributed by atoms with Crippen molar-refractivity contribution in [3.63, 3.8) is 0 Å². The Labute approximate surface area is 205 Å². The molecule has 0 radical (unpaired) electrons. The van der Waals surface area contributed by atoms with Gasteiger partial charge in [0.25, 0.3) is 5.82 Å². The van der Waals surface area contributed by atoms with E-state index in [1.165, 1.54) is 47.5 Å². The lowest BCUT2D eigenvalue weighted by Gasteiger charge is -2.19. The zero-order valence-electron chi connectivity index (χ0n) is 18.5. The number of nitrogens with zero attached hydrogens (tertiary/aromatic N) is 2. The Hall–Kier alpha value is -3.05. The molecule has 0 spiro atoms. The van der Waals surface area contributed by atoms with Crippen LogP contribution >= 0.6 is 0 Å². The Morgan fingerprint density at radius 2 is 1.45 bits per heavy atom. The van der Waals surface area contributed by atoms with Crippen LogP contribution in [0.1, 0.15) is 25.1 Å². The van der Waals surface area contributed by atoms with Crippen LogP contribution < -0.4 is 31.0 Å². The van der Waals surface area contributed by atoms with Gasteiger partial charge in [-0.25, -0.2) is 4.57 Å². The zero-order valence-corrected chi connectivity index (χ0v) is 20.1. The fourth-order valence-electron chi connectivity index (χ4n) is 4.92. The van der Waals surface area contributed by atoms with E-state index in [9.17, 15) is 0 Å². The first-order chi connectivity index (χ1) is 15.9. The van der Waals surface area contributed by atoms with Crippen molar-refractivity contribution in [1.29, 1.82) is 0 Å². The first-order valence-electron chi connectivity index (χ1n) is 11.6. The van der Waals surface area contributed by atoms with E-state index in [0.29, 0.717) is 13.2 Å². The first kappa shape index (κ1) is 21.8. The molecule has 2 aliphatic heterocycles. The molecule has 3 heterocycles. The summed E-state index contributed by atoms with van der Waals surface area (Å²) in [5.74, 6) is 3.03. The largest absolute Gasteiger partial charge is 1.00 e. The van der Waals surface area contributed by atoms with E-state index in [-0.39, 0.29) is 17.0 Å². The van der Waals surface area contributed by atoms with Crippen molar-refractivity contribution < 1.29 is 31.0 Å². The summed E-state index contributed by atoms with van der Waals surface area (Å²) < 4.78 is 16.8. The number of aromatic nitrogens is 2. The maximum Gasteiger partial charge on any atom is 0.262 e. The van der Waals surface area contributed by atoms with Gasteiger partial charge in [-0.05, 0) is 54.7 Å². The Balaban J connectivity index is 0.00000228. The summed E-state index contributed by atoms with van der Waals surface area (Å²) in [6, 6.07) is 25.7. The van der Waals surface area contributed by atoms with Gasteiger partial charge in [-0.1, -0.05) is 48.5 Å². The van der Waals surface area contributed by atoms with Crippen LogP contribution in [0.15, 0.2) is 79.0 Å². The zero-order chi connectivity index (χ0) is 21.3. The third-order valence-corrected chi connectivity index (χ3v) is 6.51. The molecular formula is C28H27BrN2O2. The molecule has 4 nitrogen and oxygen atoms in total. The second kappa shape index (κ2) is 9.44. The van der Waals surface area contributed by atoms with Crippen molar-refractivity contribution in [2.24, 2.45) is 0 Å². The van der Waals surface area contributed by atoms with Crippen molar-refractivity contribution >= 4 is 0 Å². The molecule has 5 heteroatoms. The monoisotopic (exact) mass is 502 g/mol. The Morgan fingerprint density at radius 1 is 0.697 bits per heavy atom. The molecule has 6 rings (SSSR count). The molecule has 0 bridgehead atoms. The lowest BCUT2D eigenvalue weighted by molar-refractivity contribution is -0.604. The number of para-hydroxylation sites is 1. The van der Waals surface area contributed by atoms with Crippen LogP contribution in [0.2, 0.25) is 0 Å². The average molecular weight is 503 g/mol. The summed E-state index contributed by atoms with van der Waals surface area (Å²) in [7, 11) is 0. The number of benzene rings is 3. The minimum atomic E-state index is 0. The standard InChI is InChI=1S/C28H27N2O2.BrH/c1-3-8-21(9-4-1)22-13-15-23(16-14-22)25-20-30(27-12-5-2-6-17-29(25)27)24-10-7-11-26-28(24)32-19-18-31-26;/h1,3-4,7-11,13-16,20H,2,5-6,12,17-19H2;1H/q+1;/p-1. The molecule has 3 aromatic carbocycles.